The van der Waals surface area contributed by atoms with Gasteiger partial charge in [-0.05, 0) is 115 Å². The van der Waals surface area contributed by atoms with Gasteiger partial charge in [0.25, 0.3) is 6.47 Å². The number of aliphatic hydroxyl groups is 1. The number of aliphatic hydroxyl groups excluding tert-OH is 1. The first-order valence-corrected chi connectivity index (χ1v) is 23.9. The van der Waals surface area contributed by atoms with E-state index in [9.17, 15) is 14.7 Å². The SMILES string of the molecule is CCCCC/C=C\C/C=C\CCCCCCCC.CCCCC/C=C\C/C=C\CCCCCCCC(=O)OCCCCOc1ccc(OCCCCOC=O)cc1CO. The van der Waals surface area contributed by atoms with Crippen LogP contribution in [0.15, 0.2) is 66.8 Å². The summed E-state index contributed by atoms with van der Waals surface area (Å²) in [7, 11) is 0. The highest BCUT2D eigenvalue weighted by Crippen LogP contribution is 2.25. The van der Waals surface area contributed by atoms with Crippen LogP contribution in [-0.2, 0) is 25.7 Å². The third kappa shape index (κ3) is 41.2. The van der Waals surface area contributed by atoms with E-state index < -0.39 is 0 Å². The van der Waals surface area contributed by atoms with Crippen LogP contribution in [-0.4, -0.2) is 44.0 Å². The summed E-state index contributed by atoms with van der Waals surface area (Å²) in [5.74, 6) is 1.16. The van der Waals surface area contributed by atoms with E-state index in [2.05, 4.69) is 74.1 Å². The molecule has 0 radical (unpaired) electrons. The second kappa shape index (κ2) is 47.4. The van der Waals surface area contributed by atoms with Gasteiger partial charge in [-0.15, -0.1) is 0 Å². The lowest BCUT2D eigenvalue weighted by Gasteiger charge is -2.13. The molecule has 0 unspecified atom stereocenters. The highest BCUT2D eigenvalue weighted by atomic mass is 16.5. The highest BCUT2D eigenvalue weighted by Gasteiger charge is 2.07. The van der Waals surface area contributed by atoms with Gasteiger partial charge in [-0.1, -0.05) is 146 Å². The van der Waals surface area contributed by atoms with Crippen molar-refractivity contribution in [1.29, 1.82) is 0 Å². The summed E-state index contributed by atoms with van der Waals surface area (Å²) in [6, 6.07) is 5.37. The van der Waals surface area contributed by atoms with Gasteiger partial charge in [-0.2, -0.15) is 0 Å². The molecule has 0 aliphatic heterocycles. The van der Waals surface area contributed by atoms with Gasteiger partial charge >= 0.3 is 5.97 Å². The van der Waals surface area contributed by atoms with E-state index in [0.29, 0.717) is 56.4 Å². The van der Waals surface area contributed by atoms with Crippen LogP contribution in [0.4, 0.5) is 0 Å². The van der Waals surface area contributed by atoms with Crippen molar-refractivity contribution >= 4 is 12.4 Å². The molecule has 1 aromatic rings. The van der Waals surface area contributed by atoms with E-state index in [1.54, 1.807) is 12.1 Å². The number of ether oxygens (including phenoxy) is 4. The van der Waals surface area contributed by atoms with Crippen LogP contribution in [0.3, 0.4) is 0 Å². The van der Waals surface area contributed by atoms with Gasteiger partial charge in [0.05, 0.1) is 33.0 Å². The number of allylic oxidation sites excluding steroid dienone is 8. The maximum absolute atomic E-state index is 12.0. The van der Waals surface area contributed by atoms with Crippen molar-refractivity contribution in [2.75, 3.05) is 26.4 Å². The largest absolute Gasteiger partial charge is 0.494 e. The molecule has 7 nitrogen and oxygen atoms in total. The van der Waals surface area contributed by atoms with Crippen LogP contribution >= 0.6 is 0 Å². The molecule has 0 heterocycles. The Morgan fingerprint density at radius 2 is 0.983 bits per heavy atom. The standard InChI is InChI=1S/C34H54O7.C18H34/c1-2-3-4-5-6-7-8-9-10-11-12-13-14-15-16-21-34(37)41-27-20-19-26-40-33-23-22-32(28-31(33)29-35)39-25-18-17-24-38-30-36;1-3-5-7-9-11-13-15-17-18-16-14-12-10-8-6-4-2/h6-7,9-10,22-23,28,30,35H,2-5,8,11-21,24-27,29H2,1H3;11,13,17-18H,3-10,12,14-16H2,1-2H3/b7-6-,10-9-;13-11-,18-17-. The van der Waals surface area contributed by atoms with Gasteiger partial charge in [-0.3, -0.25) is 9.59 Å². The van der Waals surface area contributed by atoms with Crippen LogP contribution in [0.5, 0.6) is 11.5 Å². The number of hydrogen-bond donors (Lipinski definition) is 1. The summed E-state index contributed by atoms with van der Waals surface area (Å²) in [6.07, 6.45) is 50.9. The molecule has 1 N–H and O–H groups in total. The first-order chi connectivity index (χ1) is 29.1. The third-order valence-corrected chi connectivity index (χ3v) is 9.89. The number of benzene rings is 1. The lowest BCUT2D eigenvalue weighted by atomic mass is 10.1. The molecule has 0 amide bonds. The van der Waals surface area contributed by atoms with Gasteiger partial charge in [-0.25, -0.2) is 0 Å². The number of carbonyl (C=O) groups is 2. The number of rotatable bonds is 41. The van der Waals surface area contributed by atoms with E-state index in [4.69, 9.17) is 14.2 Å². The third-order valence-electron chi connectivity index (χ3n) is 9.89. The quantitative estimate of drug-likeness (QED) is 0.0304. The zero-order valence-corrected chi connectivity index (χ0v) is 38.2. The van der Waals surface area contributed by atoms with Crippen molar-refractivity contribution < 1.29 is 33.6 Å². The van der Waals surface area contributed by atoms with Crippen LogP contribution in [0.2, 0.25) is 0 Å². The summed E-state index contributed by atoms with van der Waals surface area (Å²) in [5, 5.41) is 9.67. The molecular weight excluding hydrogens is 737 g/mol. The van der Waals surface area contributed by atoms with Crippen molar-refractivity contribution in [2.24, 2.45) is 0 Å². The Hall–Kier alpha value is -3.32. The van der Waals surface area contributed by atoms with Crippen LogP contribution < -0.4 is 9.47 Å². The lowest BCUT2D eigenvalue weighted by Crippen LogP contribution is -2.07. The summed E-state index contributed by atoms with van der Waals surface area (Å²) in [6.45, 7) is 8.84. The van der Waals surface area contributed by atoms with E-state index in [0.717, 1.165) is 64.2 Å². The minimum absolute atomic E-state index is 0.119. The van der Waals surface area contributed by atoms with Crippen molar-refractivity contribution in [2.45, 2.75) is 207 Å². The summed E-state index contributed by atoms with van der Waals surface area (Å²) < 4.78 is 21.5. The van der Waals surface area contributed by atoms with E-state index in [1.165, 1.54) is 109 Å². The molecular formula is C52H88O7. The summed E-state index contributed by atoms with van der Waals surface area (Å²) in [4.78, 5) is 22.1. The molecule has 0 fully saturated rings. The molecule has 0 atom stereocenters. The van der Waals surface area contributed by atoms with Crippen molar-refractivity contribution in [3.8, 4) is 11.5 Å². The van der Waals surface area contributed by atoms with E-state index in [1.807, 2.05) is 6.07 Å². The minimum atomic E-state index is -0.147. The zero-order chi connectivity index (χ0) is 43.0. The first kappa shape index (κ1) is 55.7. The molecule has 338 valence electrons. The van der Waals surface area contributed by atoms with Crippen LogP contribution in [0.25, 0.3) is 0 Å². The van der Waals surface area contributed by atoms with Gasteiger partial charge < -0.3 is 24.1 Å². The van der Waals surface area contributed by atoms with Crippen molar-refractivity contribution in [3.63, 3.8) is 0 Å². The Bertz CT molecular complexity index is 1170. The Balaban J connectivity index is 0.00000156. The average Bonchev–Trinajstić information content (AvgIpc) is 3.25. The Kier molecular flexibility index (Phi) is 44.7. The molecule has 0 bridgehead atoms. The number of carbonyl (C=O) groups excluding carboxylic acids is 2. The van der Waals surface area contributed by atoms with Crippen LogP contribution in [0, 0.1) is 0 Å². The molecule has 1 aromatic carbocycles. The molecule has 7 heteroatoms. The Morgan fingerprint density at radius 3 is 1.53 bits per heavy atom. The van der Waals surface area contributed by atoms with Gasteiger partial charge in [0.1, 0.15) is 11.5 Å². The second-order valence-corrected chi connectivity index (χ2v) is 15.4. The second-order valence-electron chi connectivity index (χ2n) is 15.4. The Morgan fingerprint density at radius 1 is 0.525 bits per heavy atom. The predicted octanol–water partition coefficient (Wildman–Crippen LogP) is 14.8. The fourth-order valence-corrected chi connectivity index (χ4v) is 6.22. The van der Waals surface area contributed by atoms with Gasteiger partial charge in [0.2, 0.25) is 0 Å². The molecule has 59 heavy (non-hydrogen) atoms. The average molecular weight is 825 g/mol. The summed E-state index contributed by atoms with van der Waals surface area (Å²) >= 11 is 0. The fraction of sp³-hybridized carbons (Fsp3) is 0.692. The van der Waals surface area contributed by atoms with Crippen molar-refractivity contribution in [3.05, 3.63) is 72.4 Å². The number of hydrogen-bond acceptors (Lipinski definition) is 7. The topological polar surface area (TPSA) is 91.3 Å². The molecule has 1 rings (SSSR count). The molecule has 0 spiro atoms. The summed E-state index contributed by atoms with van der Waals surface area (Å²) in [5.41, 5.74) is 0.663. The molecule has 0 saturated heterocycles. The predicted molar refractivity (Wildman–Crippen MR) is 249 cm³/mol. The van der Waals surface area contributed by atoms with E-state index >= 15 is 0 Å². The lowest BCUT2D eigenvalue weighted by molar-refractivity contribution is -0.144. The maximum atomic E-state index is 12.0. The minimum Gasteiger partial charge on any atom is -0.494 e. The zero-order valence-electron chi connectivity index (χ0n) is 38.2. The smallest absolute Gasteiger partial charge is 0.305 e. The van der Waals surface area contributed by atoms with Gasteiger partial charge in [0, 0.05) is 12.0 Å². The molecule has 0 aromatic heterocycles. The number of unbranched alkanes of at least 4 members (excludes halogenated alkanes) is 19. The first-order valence-electron chi connectivity index (χ1n) is 23.9. The van der Waals surface area contributed by atoms with Crippen molar-refractivity contribution in [1.82, 2.24) is 0 Å². The monoisotopic (exact) mass is 825 g/mol. The molecule has 0 aliphatic rings. The normalized spacial score (nSPS) is 11.5. The van der Waals surface area contributed by atoms with E-state index in [-0.39, 0.29) is 12.6 Å². The fourth-order valence-electron chi connectivity index (χ4n) is 6.22. The molecule has 0 aliphatic carbocycles. The number of esters is 1. The highest BCUT2D eigenvalue weighted by molar-refractivity contribution is 5.69. The maximum Gasteiger partial charge on any atom is 0.305 e. The Labute approximate surface area is 362 Å². The van der Waals surface area contributed by atoms with Gasteiger partial charge in [0.15, 0.2) is 0 Å². The van der Waals surface area contributed by atoms with Crippen LogP contribution in [0.1, 0.15) is 206 Å². The molecule has 0 saturated carbocycles.